The fourth-order valence-corrected chi connectivity index (χ4v) is 2.93. The van der Waals surface area contributed by atoms with Gasteiger partial charge in [-0.05, 0) is 25.4 Å². The first-order valence-corrected chi connectivity index (χ1v) is 9.78. The SMILES string of the molecule is C=CCCCCCCC[Si](C)(Cl)Cl. The second-order valence-electron chi connectivity index (χ2n) is 3.67. The molecule has 78 valence electrons. The van der Waals surface area contributed by atoms with Crippen LogP contribution in [-0.4, -0.2) is 6.69 Å². The molecule has 0 fully saturated rings. The Bertz CT molecular complexity index is 129. The number of hydrogen-bond donors (Lipinski definition) is 0. The molecule has 0 amide bonds. The first-order valence-electron chi connectivity index (χ1n) is 5.05. The fraction of sp³-hybridized carbons (Fsp3) is 0.800. The summed E-state index contributed by atoms with van der Waals surface area (Å²) >= 11 is 12.0. The highest BCUT2D eigenvalue weighted by molar-refractivity contribution is 7.44. The number of rotatable bonds is 8. The van der Waals surface area contributed by atoms with E-state index in [0.717, 1.165) is 12.5 Å². The Labute approximate surface area is 92.7 Å². The van der Waals surface area contributed by atoms with Crippen molar-refractivity contribution in [2.24, 2.45) is 0 Å². The molecule has 13 heavy (non-hydrogen) atoms. The predicted molar refractivity (Wildman–Crippen MR) is 66.0 cm³/mol. The summed E-state index contributed by atoms with van der Waals surface area (Å²) < 4.78 is 0. The summed E-state index contributed by atoms with van der Waals surface area (Å²) in [5.41, 5.74) is 0. The highest BCUT2D eigenvalue weighted by Crippen LogP contribution is 2.23. The maximum atomic E-state index is 5.99. The summed E-state index contributed by atoms with van der Waals surface area (Å²) in [6.45, 7) is 3.89. The number of unbranched alkanes of at least 4 members (excludes halogenated alkanes) is 5. The quantitative estimate of drug-likeness (QED) is 0.240. The van der Waals surface area contributed by atoms with E-state index in [1.165, 1.54) is 32.1 Å². The second-order valence-corrected chi connectivity index (χ2v) is 11.9. The third-order valence-electron chi connectivity index (χ3n) is 2.02. The van der Waals surface area contributed by atoms with E-state index in [-0.39, 0.29) is 0 Å². The summed E-state index contributed by atoms with van der Waals surface area (Å²) in [6.07, 6.45) is 9.52. The Morgan fingerprint density at radius 1 is 1.08 bits per heavy atom. The Morgan fingerprint density at radius 3 is 2.15 bits per heavy atom. The molecule has 0 atom stereocenters. The summed E-state index contributed by atoms with van der Waals surface area (Å²) in [6, 6.07) is 1.04. The molecular formula is C10H20Cl2Si. The minimum Gasteiger partial charge on any atom is -0.146 e. The van der Waals surface area contributed by atoms with Crippen LogP contribution in [0.25, 0.3) is 0 Å². The van der Waals surface area contributed by atoms with Gasteiger partial charge in [-0.3, -0.25) is 0 Å². The molecule has 0 N–H and O–H groups in total. The van der Waals surface area contributed by atoms with Gasteiger partial charge in [0.15, 0.2) is 0 Å². The van der Waals surface area contributed by atoms with Gasteiger partial charge in [0.05, 0.1) is 0 Å². The second kappa shape index (κ2) is 7.90. The Hall–Kier alpha value is 0.537. The van der Waals surface area contributed by atoms with E-state index in [4.69, 9.17) is 22.2 Å². The van der Waals surface area contributed by atoms with Crippen LogP contribution in [0.2, 0.25) is 12.6 Å². The lowest BCUT2D eigenvalue weighted by molar-refractivity contribution is 0.636. The van der Waals surface area contributed by atoms with Crippen molar-refractivity contribution in [3.8, 4) is 0 Å². The molecule has 0 rings (SSSR count). The first-order chi connectivity index (χ1) is 6.06. The lowest BCUT2D eigenvalue weighted by Crippen LogP contribution is -2.11. The smallest absolute Gasteiger partial charge is 0.146 e. The van der Waals surface area contributed by atoms with Crippen molar-refractivity contribution in [3.05, 3.63) is 12.7 Å². The van der Waals surface area contributed by atoms with Crippen LogP contribution in [0.4, 0.5) is 0 Å². The molecule has 0 heterocycles. The van der Waals surface area contributed by atoms with E-state index in [1.807, 2.05) is 12.6 Å². The third kappa shape index (κ3) is 12.5. The minimum atomic E-state index is -1.80. The number of halogens is 2. The Kier molecular flexibility index (Phi) is 8.22. The topological polar surface area (TPSA) is 0 Å². The highest BCUT2D eigenvalue weighted by atomic mass is 35.7. The van der Waals surface area contributed by atoms with E-state index in [9.17, 15) is 0 Å². The molecule has 0 radical (unpaired) electrons. The largest absolute Gasteiger partial charge is 0.248 e. The molecular weight excluding hydrogens is 219 g/mol. The van der Waals surface area contributed by atoms with E-state index >= 15 is 0 Å². The van der Waals surface area contributed by atoms with Crippen LogP contribution in [-0.2, 0) is 0 Å². The van der Waals surface area contributed by atoms with Crippen molar-refractivity contribution >= 4 is 28.9 Å². The van der Waals surface area contributed by atoms with Crippen LogP contribution in [0.15, 0.2) is 12.7 Å². The zero-order chi connectivity index (χ0) is 10.2. The van der Waals surface area contributed by atoms with E-state index in [2.05, 4.69) is 6.58 Å². The summed E-state index contributed by atoms with van der Waals surface area (Å²) in [4.78, 5) is 0. The monoisotopic (exact) mass is 238 g/mol. The molecule has 0 nitrogen and oxygen atoms in total. The zero-order valence-corrected chi connectivity index (χ0v) is 11.0. The number of allylic oxidation sites excluding steroid dienone is 1. The average molecular weight is 239 g/mol. The van der Waals surface area contributed by atoms with Gasteiger partial charge in [0, 0.05) is 0 Å². The Balaban J connectivity index is 3.04. The van der Waals surface area contributed by atoms with Gasteiger partial charge in [0.25, 0.3) is 0 Å². The van der Waals surface area contributed by atoms with Crippen molar-refractivity contribution in [1.82, 2.24) is 0 Å². The zero-order valence-electron chi connectivity index (χ0n) is 8.49. The van der Waals surface area contributed by atoms with Crippen LogP contribution in [0, 0.1) is 0 Å². The van der Waals surface area contributed by atoms with E-state index in [1.54, 1.807) is 0 Å². The lowest BCUT2D eigenvalue weighted by atomic mass is 10.1. The van der Waals surface area contributed by atoms with Gasteiger partial charge in [-0.25, -0.2) is 0 Å². The highest BCUT2D eigenvalue weighted by Gasteiger charge is 2.19. The van der Waals surface area contributed by atoms with Crippen molar-refractivity contribution in [2.75, 3.05) is 0 Å². The van der Waals surface area contributed by atoms with Crippen molar-refractivity contribution in [1.29, 1.82) is 0 Å². The van der Waals surface area contributed by atoms with Gasteiger partial charge in [-0.1, -0.05) is 31.8 Å². The summed E-state index contributed by atoms with van der Waals surface area (Å²) in [5, 5.41) is 0. The van der Waals surface area contributed by atoms with Crippen LogP contribution in [0.3, 0.4) is 0 Å². The minimum absolute atomic E-state index is 1.04. The summed E-state index contributed by atoms with van der Waals surface area (Å²) in [5.74, 6) is 0. The van der Waals surface area contributed by atoms with Crippen LogP contribution < -0.4 is 0 Å². The maximum Gasteiger partial charge on any atom is 0.248 e. The standard InChI is InChI=1S/C10H20Cl2Si/c1-3-4-5-6-7-8-9-10-13(2,11)12/h3H,1,4-10H2,2H3. The Morgan fingerprint density at radius 2 is 1.62 bits per heavy atom. The van der Waals surface area contributed by atoms with Gasteiger partial charge in [-0.15, -0.1) is 28.7 Å². The van der Waals surface area contributed by atoms with Gasteiger partial charge < -0.3 is 0 Å². The molecule has 0 saturated carbocycles. The molecule has 0 bridgehead atoms. The molecule has 0 spiro atoms. The molecule has 0 aromatic carbocycles. The van der Waals surface area contributed by atoms with Crippen LogP contribution in [0.1, 0.15) is 38.5 Å². The predicted octanol–water partition coefficient (Wildman–Crippen LogP) is 5.06. The molecule has 0 aliphatic heterocycles. The average Bonchev–Trinajstić information content (AvgIpc) is 2.01. The molecule has 0 aliphatic carbocycles. The molecule has 3 heteroatoms. The molecule has 0 unspecified atom stereocenters. The number of hydrogen-bond acceptors (Lipinski definition) is 0. The normalized spacial score (nSPS) is 11.6. The molecule has 0 aliphatic rings. The van der Waals surface area contributed by atoms with Gasteiger partial charge in [0.2, 0.25) is 6.69 Å². The first kappa shape index (κ1) is 13.5. The molecule has 0 aromatic rings. The fourth-order valence-electron chi connectivity index (χ4n) is 1.25. The van der Waals surface area contributed by atoms with Gasteiger partial charge in [-0.2, -0.15) is 0 Å². The molecule has 0 aromatic heterocycles. The van der Waals surface area contributed by atoms with Crippen molar-refractivity contribution < 1.29 is 0 Å². The lowest BCUT2D eigenvalue weighted by Gasteiger charge is -2.08. The maximum absolute atomic E-state index is 5.99. The van der Waals surface area contributed by atoms with Crippen molar-refractivity contribution in [3.63, 3.8) is 0 Å². The van der Waals surface area contributed by atoms with Crippen LogP contribution in [0.5, 0.6) is 0 Å². The van der Waals surface area contributed by atoms with Gasteiger partial charge in [0.1, 0.15) is 0 Å². The van der Waals surface area contributed by atoms with Crippen molar-refractivity contribution in [2.45, 2.75) is 51.1 Å². The van der Waals surface area contributed by atoms with E-state index in [0.29, 0.717) is 0 Å². The van der Waals surface area contributed by atoms with E-state index < -0.39 is 6.69 Å². The van der Waals surface area contributed by atoms with Crippen LogP contribution >= 0.6 is 22.2 Å². The summed E-state index contributed by atoms with van der Waals surface area (Å²) in [7, 11) is 0. The van der Waals surface area contributed by atoms with Gasteiger partial charge >= 0.3 is 0 Å². The third-order valence-corrected chi connectivity index (χ3v) is 4.39. The molecule has 0 saturated heterocycles.